The topological polar surface area (TPSA) is 116 Å². The van der Waals surface area contributed by atoms with Crippen molar-refractivity contribution < 1.29 is 29.2 Å². The van der Waals surface area contributed by atoms with Gasteiger partial charge in [0.05, 0.1) is 24.9 Å². The second-order valence-electron chi connectivity index (χ2n) is 5.60. The molecule has 0 aliphatic carbocycles. The van der Waals surface area contributed by atoms with Crippen molar-refractivity contribution in [1.82, 2.24) is 10.2 Å². The lowest BCUT2D eigenvalue weighted by Gasteiger charge is -2.24. The van der Waals surface area contributed by atoms with Crippen molar-refractivity contribution >= 4 is 36.2 Å². The molecule has 1 aliphatic heterocycles. The van der Waals surface area contributed by atoms with Crippen molar-refractivity contribution in [1.29, 1.82) is 0 Å². The normalized spacial score (nSPS) is 21.2. The number of hydrogen-bond acceptors (Lipinski definition) is 6. The maximum atomic E-state index is 12.1. The average Bonchev–Trinajstić information content (AvgIpc) is 2.91. The quantitative estimate of drug-likeness (QED) is 0.615. The van der Waals surface area contributed by atoms with E-state index in [0.29, 0.717) is 0 Å². The number of rotatable bonds is 5. The van der Waals surface area contributed by atoms with Crippen molar-refractivity contribution in [2.75, 3.05) is 13.1 Å². The van der Waals surface area contributed by atoms with Gasteiger partial charge in [0.25, 0.3) is 0 Å². The maximum absolute atomic E-state index is 12.1. The Labute approximate surface area is 143 Å². The van der Waals surface area contributed by atoms with E-state index in [4.69, 9.17) is 9.76 Å². The molecule has 2 amide bonds. The zero-order valence-electron chi connectivity index (χ0n) is 13.2. The van der Waals surface area contributed by atoms with Gasteiger partial charge in [-0.15, -0.1) is 11.3 Å². The summed E-state index contributed by atoms with van der Waals surface area (Å²) in [6.07, 6.45) is -1.00. The number of carboxylic acids is 1. The predicted octanol–water partition coefficient (Wildman–Crippen LogP) is -0.483. The lowest BCUT2D eigenvalue weighted by Crippen LogP contribution is -2.52. The van der Waals surface area contributed by atoms with Crippen LogP contribution in [0.2, 0.25) is 0 Å². The van der Waals surface area contributed by atoms with E-state index in [1.54, 1.807) is 0 Å². The third-order valence-corrected chi connectivity index (χ3v) is 4.50. The highest BCUT2D eigenvalue weighted by atomic mass is 32.1. The Morgan fingerprint density at radius 2 is 2.21 bits per heavy atom. The molecule has 8 nitrogen and oxygen atoms in total. The molecule has 1 saturated heterocycles. The lowest BCUT2D eigenvalue weighted by molar-refractivity contribution is -0.140. The minimum Gasteiger partial charge on any atom is -0.481 e. The van der Waals surface area contributed by atoms with Crippen LogP contribution < -0.4 is 5.32 Å². The Kier molecular flexibility index (Phi) is 6.35. The zero-order valence-corrected chi connectivity index (χ0v) is 14.0. The number of nitrogens with one attached hydrogen (secondary N) is 1. The molecule has 24 heavy (non-hydrogen) atoms. The van der Waals surface area contributed by atoms with E-state index >= 15 is 0 Å². The van der Waals surface area contributed by atoms with Gasteiger partial charge in [-0.3, -0.25) is 14.4 Å². The van der Waals surface area contributed by atoms with Gasteiger partial charge in [0.2, 0.25) is 11.8 Å². The Morgan fingerprint density at radius 1 is 1.46 bits per heavy atom. The average molecular weight is 354 g/mol. The summed E-state index contributed by atoms with van der Waals surface area (Å²) < 4.78 is 5.32. The van der Waals surface area contributed by atoms with Crippen molar-refractivity contribution in [2.24, 2.45) is 0 Å². The minimum absolute atomic E-state index is 0.0516. The number of carboxylic acid groups (broad SMARTS) is 1. The molecule has 1 aromatic rings. The first-order valence-corrected chi connectivity index (χ1v) is 8.35. The van der Waals surface area contributed by atoms with Crippen LogP contribution in [0.25, 0.3) is 0 Å². The molecular formula is C14H19BN2O6S. The summed E-state index contributed by atoms with van der Waals surface area (Å²) in [5.74, 6) is -2.48. The van der Waals surface area contributed by atoms with Gasteiger partial charge in [-0.05, 0) is 11.4 Å². The Balaban J connectivity index is 2.03. The van der Waals surface area contributed by atoms with E-state index in [2.05, 4.69) is 5.32 Å². The van der Waals surface area contributed by atoms with Crippen LogP contribution in [0.4, 0.5) is 0 Å². The molecule has 130 valence electrons. The molecule has 3 N–H and O–H groups in total. The van der Waals surface area contributed by atoms with E-state index in [1.807, 2.05) is 17.5 Å². The number of thiophene rings is 1. The van der Waals surface area contributed by atoms with Crippen LogP contribution >= 0.6 is 11.3 Å². The van der Waals surface area contributed by atoms with E-state index in [9.17, 15) is 19.4 Å². The van der Waals surface area contributed by atoms with Gasteiger partial charge in [-0.2, -0.15) is 0 Å². The van der Waals surface area contributed by atoms with E-state index in [0.717, 1.165) is 4.88 Å². The standard InChI is InChI=1S/C14H19BN2O6S/c1-9(18)17-7-10(5-14(20)21)23-15(22)12(8-17)16-13(19)6-11-3-2-4-24-11/h2-4,10,12,22H,5-8H2,1H3,(H,16,19)(H,20,21)/t10?,12-/m0/s1. The van der Waals surface area contributed by atoms with Crippen molar-refractivity contribution in [3.8, 4) is 0 Å². The molecule has 10 heteroatoms. The molecule has 1 unspecified atom stereocenters. The zero-order chi connectivity index (χ0) is 17.7. The van der Waals surface area contributed by atoms with Crippen LogP contribution in [0.5, 0.6) is 0 Å². The molecule has 2 rings (SSSR count). The molecule has 1 aromatic heterocycles. The third-order valence-electron chi connectivity index (χ3n) is 3.63. The van der Waals surface area contributed by atoms with Crippen LogP contribution in [0.1, 0.15) is 18.2 Å². The van der Waals surface area contributed by atoms with Crippen molar-refractivity contribution in [3.63, 3.8) is 0 Å². The summed E-state index contributed by atoms with van der Waals surface area (Å²) in [4.78, 5) is 36.9. The molecule has 0 radical (unpaired) electrons. The Morgan fingerprint density at radius 3 is 2.79 bits per heavy atom. The summed E-state index contributed by atoms with van der Waals surface area (Å²) in [5, 5.41) is 23.5. The highest BCUT2D eigenvalue weighted by molar-refractivity contribution is 7.10. The smallest absolute Gasteiger partial charge is 0.480 e. The summed E-state index contributed by atoms with van der Waals surface area (Å²) in [6, 6.07) is 3.67. The molecular weight excluding hydrogens is 335 g/mol. The van der Waals surface area contributed by atoms with Crippen LogP contribution in [0.15, 0.2) is 17.5 Å². The first-order chi connectivity index (χ1) is 11.3. The van der Waals surface area contributed by atoms with Gasteiger partial charge in [-0.25, -0.2) is 0 Å². The maximum Gasteiger partial charge on any atom is 0.480 e. The van der Waals surface area contributed by atoms with E-state index in [1.165, 1.54) is 23.2 Å². The third kappa shape index (κ3) is 5.32. The number of carbonyl (C=O) groups is 3. The minimum atomic E-state index is -1.38. The highest BCUT2D eigenvalue weighted by Gasteiger charge is 2.38. The molecule has 1 aliphatic rings. The number of carbonyl (C=O) groups excluding carboxylic acids is 2. The first-order valence-electron chi connectivity index (χ1n) is 7.47. The highest BCUT2D eigenvalue weighted by Crippen LogP contribution is 2.13. The van der Waals surface area contributed by atoms with Gasteiger partial charge in [0, 0.05) is 24.9 Å². The number of hydrogen-bond donors (Lipinski definition) is 3. The van der Waals surface area contributed by atoms with Gasteiger partial charge in [-0.1, -0.05) is 6.07 Å². The van der Waals surface area contributed by atoms with Crippen molar-refractivity contribution in [3.05, 3.63) is 22.4 Å². The van der Waals surface area contributed by atoms with Crippen LogP contribution in [-0.2, 0) is 25.5 Å². The van der Waals surface area contributed by atoms with Gasteiger partial charge in [0.15, 0.2) is 0 Å². The van der Waals surface area contributed by atoms with E-state index < -0.39 is 25.1 Å². The Bertz CT molecular complexity index is 596. The SMILES string of the molecule is CC(=O)N1CC(CC(=O)O)OB(O)[C@@H](NC(=O)Cc2cccs2)C1. The van der Waals surface area contributed by atoms with Gasteiger partial charge < -0.3 is 25.0 Å². The number of nitrogens with zero attached hydrogens (tertiary/aromatic N) is 1. The van der Waals surface area contributed by atoms with Gasteiger partial charge in [0.1, 0.15) is 0 Å². The molecule has 2 heterocycles. The van der Waals surface area contributed by atoms with Crippen molar-refractivity contribution in [2.45, 2.75) is 31.8 Å². The van der Waals surface area contributed by atoms with Gasteiger partial charge >= 0.3 is 13.1 Å². The summed E-state index contributed by atoms with van der Waals surface area (Å²) in [6.45, 7) is 1.46. The molecule has 0 bridgehead atoms. The lowest BCUT2D eigenvalue weighted by atomic mass is 9.78. The molecule has 1 fully saturated rings. The summed E-state index contributed by atoms with van der Waals surface area (Å²) >= 11 is 1.45. The van der Waals surface area contributed by atoms with Crippen LogP contribution in [0, 0.1) is 0 Å². The second-order valence-corrected chi connectivity index (χ2v) is 6.63. The van der Waals surface area contributed by atoms with Crippen LogP contribution in [-0.4, -0.2) is 65.1 Å². The molecule has 0 aromatic carbocycles. The fraction of sp³-hybridized carbons (Fsp3) is 0.500. The largest absolute Gasteiger partial charge is 0.481 e. The number of aliphatic carboxylic acids is 1. The monoisotopic (exact) mass is 354 g/mol. The molecule has 0 saturated carbocycles. The summed E-state index contributed by atoms with van der Waals surface area (Å²) in [7, 11) is -1.38. The Hall–Kier alpha value is -1.91. The first kappa shape index (κ1) is 18.4. The predicted molar refractivity (Wildman–Crippen MR) is 87.3 cm³/mol. The van der Waals surface area contributed by atoms with Crippen LogP contribution in [0.3, 0.4) is 0 Å². The number of amides is 2. The fourth-order valence-corrected chi connectivity index (χ4v) is 3.20. The summed E-state index contributed by atoms with van der Waals surface area (Å²) in [5.41, 5.74) is 0. The molecule has 0 spiro atoms. The second kappa shape index (κ2) is 8.27. The van der Waals surface area contributed by atoms with E-state index in [-0.39, 0.29) is 37.7 Å². The molecule has 2 atom stereocenters. The fourth-order valence-electron chi connectivity index (χ4n) is 2.49.